The first-order chi connectivity index (χ1) is 11.4. The topological polar surface area (TPSA) is 72.2 Å². The minimum atomic E-state index is -0.594. The van der Waals surface area contributed by atoms with E-state index in [0.717, 1.165) is 32.1 Å². The van der Waals surface area contributed by atoms with Gasteiger partial charge in [0.25, 0.3) is 0 Å². The SMILES string of the molecule is CCC(C)C(N)C(=O)Nc1ccc(Cl)cc1C(=O)C1CCCCC1. The molecular formula is C19H27ClN2O2. The molecule has 1 aliphatic rings. The molecule has 0 aromatic heterocycles. The minimum Gasteiger partial charge on any atom is -0.324 e. The standard InChI is InChI=1S/C19H27ClN2O2/c1-3-12(2)17(21)19(24)22-16-10-9-14(20)11-15(16)18(23)13-7-5-4-6-8-13/h9-13,17H,3-8,21H2,1-2H3,(H,22,24). The van der Waals surface area contributed by atoms with Crippen molar-refractivity contribution >= 4 is 29.0 Å². The summed E-state index contributed by atoms with van der Waals surface area (Å²) in [5, 5.41) is 3.33. The van der Waals surface area contributed by atoms with E-state index in [1.54, 1.807) is 18.2 Å². The molecule has 0 spiro atoms. The number of amides is 1. The number of hydrogen-bond donors (Lipinski definition) is 2. The van der Waals surface area contributed by atoms with Crippen LogP contribution in [0.2, 0.25) is 5.02 Å². The molecule has 1 aromatic rings. The number of carbonyl (C=O) groups is 2. The van der Waals surface area contributed by atoms with Gasteiger partial charge in [-0.1, -0.05) is 51.1 Å². The van der Waals surface area contributed by atoms with Crippen LogP contribution in [0.4, 0.5) is 5.69 Å². The summed E-state index contributed by atoms with van der Waals surface area (Å²) in [7, 11) is 0. The zero-order valence-electron chi connectivity index (χ0n) is 14.5. The summed E-state index contributed by atoms with van der Waals surface area (Å²) >= 11 is 6.08. The Labute approximate surface area is 149 Å². The van der Waals surface area contributed by atoms with Crippen LogP contribution in [-0.2, 0) is 4.79 Å². The summed E-state index contributed by atoms with van der Waals surface area (Å²) in [4.78, 5) is 25.2. The summed E-state index contributed by atoms with van der Waals surface area (Å²) in [6, 6.07) is 4.44. The highest BCUT2D eigenvalue weighted by molar-refractivity contribution is 6.31. The molecule has 1 aliphatic carbocycles. The van der Waals surface area contributed by atoms with Crippen LogP contribution < -0.4 is 11.1 Å². The molecule has 4 nitrogen and oxygen atoms in total. The summed E-state index contributed by atoms with van der Waals surface area (Å²) in [6.07, 6.45) is 5.99. The van der Waals surface area contributed by atoms with E-state index < -0.39 is 6.04 Å². The molecule has 0 aliphatic heterocycles. The number of ketones is 1. The lowest BCUT2D eigenvalue weighted by Gasteiger charge is -2.23. The molecule has 1 saturated carbocycles. The lowest BCUT2D eigenvalue weighted by molar-refractivity contribution is -0.118. The van der Waals surface area contributed by atoms with Gasteiger partial charge in [0.05, 0.1) is 11.7 Å². The molecule has 0 saturated heterocycles. The molecule has 3 N–H and O–H groups in total. The smallest absolute Gasteiger partial charge is 0.241 e. The fraction of sp³-hybridized carbons (Fsp3) is 0.579. The summed E-state index contributed by atoms with van der Waals surface area (Å²) in [5.74, 6) is -0.0834. The molecule has 5 heteroatoms. The van der Waals surface area contributed by atoms with E-state index in [4.69, 9.17) is 17.3 Å². The lowest BCUT2D eigenvalue weighted by atomic mass is 9.83. The second-order valence-electron chi connectivity index (χ2n) is 6.79. The first-order valence-corrected chi connectivity index (χ1v) is 9.22. The first kappa shape index (κ1) is 18.9. The van der Waals surface area contributed by atoms with Gasteiger partial charge in [-0.3, -0.25) is 9.59 Å². The van der Waals surface area contributed by atoms with E-state index >= 15 is 0 Å². The zero-order valence-corrected chi connectivity index (χ0v) is 15.2. The van der Waals surface area contributed by atoms with Crippen molar-refractivity contribution in [3.05, 3.63) is 28.8 Å². The number of hydrogen-bond acceptors (Lipinski definition) is 3. The van der Waals surface area contributed by atoms with Crippen LogP contribution in [-0.4, -0.2) is 17.7 Å². The van der Waals surface area contributed by atoms with Gasteiger partial charge >= 0.3 is 0 Å². The second-order valence-corrected chi connectivity index (χ2v) is 7.23. The molecule has 2 unspecified atom stereocenters. The number of Topliss-reactive ketones (excluding diaryl/α,β-unsaturated/α-hetero) is 1. The predicted molar refractivity (Wildman–Crippen MR) is 98.4 cm³/mol. The largest absolute Gasteiger partial charge is 0.324 e. The molecule has 1 fully saturated rings. The van der Waals surface area contributed by atoms with Crippen molar-refractivity contribution < 1.29 is 9.59 Å². The Bertz CT molecular complexity index is 597. The third-order valence-electron chi connectivity index (χ3n) is 5.04. The summed E-state index contributed by atoms with van der Waals surface area (Å²) in [5.41, 5.74) is 7.01. The first-order valence-electron chi connectivity index (χ1n) is 8.84. The van der Waals surface area contributed by atoms with Gasteiger partial charge in [0.2, 0.25) is 5.91 Å². The van der Waals surface area contributed by atoms with E-state index in [0.29, 0.717) is 16.3 Å². The molecule has 24 heavy (non-hydrogen) atoms. The maximum absolute atomic E-state index is 12.9. The van der Waals surface area contributed by atoms with Crippen molar-refractivity contribution in [2.45, 2.75) is 58.4 Å². The van der Waals surface area contributed by atoms with E-state index in [-0.39, 0.29) is 23.5 Å². The van der Waals surface area contributed by atoms with E-state index in [2.05, 4.69) is 5.32 Å². The number of carbonyl (C=O) groups excluding carboxylic acids is 2. The fourth-order valence-electron chi connectivity index (χ4n) is 3.14. The van der Waals surface area contributed by atoms with Crippen LogP contribution in [0, 0.1) is 11.8 Å². The van der Waals surface area contributed by atoms with Gasteiger partial charge in [-0.05, 0) is 37.0 Å². The molecule has 2 atom stereocenters. The highest BCUT2D eigenvalue weighted by Crippen LogP contribution is 2.31. The second kappa shape index (κ2) is 8.63. The monoisotopic (exact) mass is 350 g/mol. The molecular weight excluding hydrogens is 324 g/mol. The lowest BCUT2D eigenvalue weighted by Crippen LogP contribution is -2.41. The highest BCUT2D eigenvalue weighted by Gasteiger charge is 2.26. The number of benzene rings is 1. The van der Waals surface area contributed by atoms with Crippen LogP contribution in [0.15, 0.2) is 18.2 Å². The third-order valence-corrected chi connectivity index (χ3v) is 5.28. The molecule has 0 radical (unpaired) electrons. The summed E-state index contributed by atoms with van der Waals surface area (Å²) in [6.45, 7) is 3.94. The van der Waals surface area contributed by atoms with Crippen LogP contribution in [0.1, 0.15) is 62.7 Å². The van der Waals surface area contributed by atoms with Crippen molar-refractivity contribution in [2.75, 3.05) is 5.32 Å². The zero-order chi connectivity index (χ0) is 17.7. The molecule has 1 aromatic carbocycles. The van der Waals surface area contributed by atoms with Crippen molar-refractivity contribution in [1.82, 2.24) is 0 Å². The van der Waals surface area contributed by atoms with Crippen molar-refractivity contribution in [3.63, 3.8) is 0 Å². The Balaban J connectivity index is 2.21. The number of anilines is 1. The number of nitrogens with one attached hydrogen (secondary N) is 1. The molecule has 0 heterocycles. The molecule has 2 rings (SSSR count). The van der Waals surface area contributed by atoms with Gasteiger partial charge < -0.3 is 11.1 Å². The maximum Gasteiger partial charge on any atom is 0.241 e. The van der Waals surface area contributed by atoms with Crippen LogP contribution in [0.25, 0.3) is 0 Å². The minimum absolute atomic E-state index is 0.0242. The number of halogens is 1. The Morgan fingerprint density at radius 1 is 1.29 bits per heavy atom. The van der Waals surface area contributed by atoms with Crippen molar-refractivity contribution in [1.29, 1.82) is 0 Å². The quantitative estimate of drug-likeness (QED) is 0.746. The van der Waals surface area contributed by atoms with Gasteiger partial charge in [-0.15, -0.1) is 0 Å². The Morgan fingerprint density at radius 2 is 1.96 bits per heavy atom. The third kappa shape index (κ3) is 4.58. The van der Waals surface area contributed by atoms with Crippen LogP contribution in [0.3, 0.4) is 0 Å². The fourth-order valence-corrected chi connectivity index (χ4v) is 3.31. The average Bonchev–Trinajstić information content (AvgIpc) is 2.61. The Morgan fingerprint density at radius 3 is 2.58 bits per heavy atom. The van der Waals surface area contributed by atoms with Gasteiger partial charge in [0.15, 0.2) is 5.78 Å². The van der Waals surface area contributed by atoms with Gasteiger partial charge in [0, 0.05) is 16.5 Å². The highest BCUT2D eigenvalue weighted by atomic mass is 35.5. The molecule has 132 valence electrons. The van der Waals surface area contributed by atoms with E-state index in [1.165, 1.54) is 6.42 Å². The van der Waals surface area contributed by atoms with Crippen LogP contribution >= 0.6 is 11.6 Å². The normalized spacial score (nSPS) is 18.0. The summed E-state index contributed by atoms with van der Waals surface area (Å²) < 4.78 is 0. The van der Waals surface area contributed by atoms with E-state index in [1.807, 2.05) is 13.8 Å². The predicted octanol–water partition coefficient (Wildman–Crippen LogP) is 4.41. The van der Waals surface area contributed by atoms with E-state index in [9.17, 15) is 9.59 Å². The van der Waals surface area contributed by atoms with Crippen molar-refractivity contribution in [2.24, 2.45) is 17.6 Å². The Kier molecular flexibility index (Phi) is 6.81. The van der Waals surface area contributed by atoms with Gasteiger partial charge in [0.1, 0.15) is 0 Å². The van der Waals surface area contributed by atoms with Gasteiger partial charge in [-0.2, -0.15) is 0 Å². The maximum atomic E-state index is 12.9. The van der Waals surface area contributed by atoms with Crippen molar-refractivity contribution in [3.8, 4) is 0 Å². The number of rotatable bonds is 6. The molecule has 0 bridgehead atoms. The Hall–Kier alpha value is -1.39. The average molecular weight is 351 g/mol. The molecule has 1 amide bonds. The number of nitrogens with two attached hydrogens (primary N) is 1. The van der Waals surface area contributed by atoms with Gasteiger partial charge in [-0.25, -0.2) is 0 Å². The van der Waals surface area contributed by atoms with Crippen LogP contribution in [0.5, 0.6) is 0 Å².